The van der Waals surface area contributed by atoms with Crippen LogP contribution < -0.4 is 15.2 Å². The molecule has 0 heterocycles. The monoisotopic (exact) mass is 345 g/mol. The highest BCUT2D eigenvalue weighted by atomic mass is 35.5. The van der Waals surface area contributed by atoms with Gasteiger partial charge in [0.1, 0.15) is 17.2 Å². The first-order valence-electron chi connectivity index (χ1n) is 6.87. The summed E-state index contributed by atoms with van der Waals surface area (Å²) in [6.07, 6.45) is 0. The SMILES string of the molecule is Nc1cc(Cl)c(Oc2ccc(Oc3ccccc3)cc2)c(Cl)c1. The van der Waals surface area contributed by atoms with E-state index in [9.17, 15) is 0 Å². The zero-order chi connectivity index (χ0) is 16.2. The average Bonchev–Trinajstić information content (AvgIpc) is 2.53. The first kappa shape index (κ1) is 15.5. The van der Waals surface area contributed by atoms with E-state index in [-0.39, 0.29) is 0 Å². The molecule has 3 aromatic carbocycles. The number of rotatable bonds is 4. The van der Waals surface area contributed by atoms with Gasteiger partial charge in [-0.3, -0.25) is 0 Å². The number of anilines is 1. The molecule has 0 aliphatic rings. The maximum Gasteiger partial charge on any atom is 0.164 e. The zero-order valence-corrected chi connectivity index (χ0v) is 13.5. The summed E-state index contributed by atoms with van der Waals surface area (Å²) in [4.78, 5) is 0. The minimum atomic E-state index is 0.361. The molecule has 0 atom stereocenters. The molecular weight excluding hydrogens is 333 g/mol. The lowest BCUT2D eigenvalue weighted by atomic mass is 10.3. The lowest BCUT2D eigenvalue weighted by Gasteiger charge is -2.11. The smallest absolute Gasteiger partial charge is 0.164 e. The van der Waals surface area contributed by atoms with Gasteiger partial charge in [0.25, 0.3) is 0 Å². The van der Waals surface area contributed by atoms with E-state index in [4.69, 9.17) is 38.4 Å². The summed E-state index contributed by atoms with van der Waals surface area (Å²) in [5.41, 5.74) is 6.16. The van der Waals surface area contributed by atoms with Crippen molar-refractivity contribution < 1.29 is 9.47 Å². The quantitative estimate of drug-likeness (QED) is 0.575. The van der Waals surface area contributed by atoms with Crippen LogP contribution in [0.15, 0.2) is 66.7 Å². The Bertz CT molecular complexity index is 782. The Balaban J connectivity index is 1.76. The van der Waals surface area contributed by atoms with Crippen molar-refractivity contribution in [3.63, 3.8) is 0 Å². The van der Waals surface area contributed by atoms with Crippen molar-refractivity contribution in [2.75, 3.05) is 5.73 Å². The van der Waals surface area contributed by atoms with Gasteiger partial charge in [0.05, 0.1) is 10.0 Å². The van der Waals surface area contributed by atoms with Crippen LogP contribution in [0.4, 0.5) is 5.69 Å². The lowest BCUT2D eigenvalue weighted by Crippen LogP contribution is -1.90. The van der Waals surface area contributed by atoms with Gasteiger partial charge in [-0.1, -0.05) is 41.4 Å². The van der Waals surface area contributed by atoms with Gasteiger partial charge in [0.2, 0.25) is 0 Å². The third-order valence-corrected chi connectivity index (χ3v) is 3.60. The second-order valence-corrected chi connectivity index (χ2v) is 5.62. The normalized spacial score (nSPS) is 10.3. The summed E-state index contributed by atoms with van der Waals surface area (Å²) in [5.74, 6) is 2.45. The first-order valence-corrected chi connectivity index (χ1v) is 7.63. The van der Waals surface area contributed by atoms with Crippen LogP contribution >= 0.6 is 23.2 Å². The minimum Gasteiger partial charge on any atom is -0.457 e. The number of benzene rings is 3. The largest absolute Gasteiger partial charge is 0.457 e. The molecule has 116 valence electrons. The van der Waals surface area contributed by atoms with E-state index in [0.717, 1.165) is 5.75 Å². The second-order valence-electron chi connectivity index (χ2n) is 4.80. The van der Waals surface area contributed by atoms with Crippen molar-refractivity contribution in [1.29, 1.82) is 0 Å². The van der Waals surface area contributed by atoms with Gasteiger partial charge in [0, 0.05) is 5.69 Å². The maximum absolute atomic E-state index is 6.11. The summed E-state index contributed by atoms with van der Waals surface area (Å²) in [7, 11) is 0. The van der Waals surface area contributed by atoms with E-state index < -0.39 is 0 Å². The molecule has 23 heavy (non-hydrogen) atoms. The molecule has 0 aliphatic carbocycles. The molecule has 2 N–H and O–H groups in total. The standard InChI is InChI=1S/C18H13Cl2NO2/c19-16-10-12(21)11-17(20)18(16)23-15-8-6-14(7-9-15)22-13-4-2-1-3-5-13/h1-11H,21H2. The summed E-state index contributed by atoms with van der Waals surface area (Å²) in [6, 6.07) is 19.9. The molecule has 0 aliphatic heterocycles. The highest BCUT2D eigenvalue weighted by Crippen LogP contribution is 2.38. The molecule has 0 amide bonds. The van der Waals surface area contributed by atoms with Crippen LogP contribution in [0.2, 0.25) is 10.0 Å². The highest BCUT2D eigenvalue weighted by molar-refractivity contribution is 6.37. The van der Waals surface area contributed by atoms with Gasteiger partial charge in [0.15, 0.2) is 5.75 Å². The molecule has 0 aromatic heterocycles. The number of nitrogens with two attached hydrogens (primary N) is 1. The number of nitrogen functional groups attached to an aromatic ring is 1. The average molecular weight is 346 g/mol. The topological polar surface area (TPSA) is 44.5 Å². The molecule has 0 spiro atoms. The third kappa shape index (κ3) is 3.89. The Labute approximate surface area is 144 Å². The Hall–Kier alpha value is -2.36. The predicted octanol–water partition coefficient (Wildman–Crippen LogP) is 6.16. The predicted molar refractivity (Wildman–Crippen MR) is 93.9 cm³/mol. The van der Waals surface area contributed by atoms with Gasteiger partial charge in [-0.2, -0.15) is 0 Å². The third-order valence-electron chi connectivity index (χ3n) is 3.04. The molecular formula is C18H13Cl2NO2. The van der Waals surface area contributed by atoms with Gasteiger partial charge >= 0.3 is 0 Å². The molecule has 3 rings (SSSR count). The molecule has 0 bridgehead atoms. The van der Waals surface area contributed by atoms with Crippen LogP contribution in [0.5, 0.6) is 23.0 Å². The Morgan fingerprint density at radius 1 is 0.652 bits per heavy atom. The Morgan fingerprint density at radius 2 is 1.13 bits per heavy atom. The Kier molecular flexibility index (Phi) is 4.60. The minimum absolute atomic E-state index is 0.361. The van der Waals surface area contributed by atoms with Crippen molar-refractivity contribution in [1.82, 2.24) is 0 Å². The van der Waals surface area contributed by atoms with E-state index in [2.05, 4.69) is 0 Å². The summed E-state index contributed by atoms with van der Waals surface area (Å²) >= 11 is 12.2. The van der Waals surface area contributed by atoms with Crippen LogP contribution in [-0.4, -0.2) is 0 Å². The lowest BCUT2D eigenvalue weighted by molar-refractivity contribution is 0.469. The van der Waals surface area contributed by atoms with Crippen LogP contribution in [0.3, 0.4) is 0 Å². The molecule has 3 aromatic rings. The van der Waals surface area contributed by atoms with Crippen LogP contribution in [0.1, 0.15) is 0 Å². The Morgan fingerprint density at radius 3 is 1.70 bits per heavy atom. The summed E-state index contributed by atoms with van der Waals surface area (Å²) in [5, 5.41) is 0.722. The van der Waals surface area contributed by atoms with E-state index in [1.54, 1.807) is 36.4 Å². The molecule has 3 nitrogen and oxygen atoms in total. The van der Waals surface area contributed by atoms with Gasteiger partial charge in [-0.25, -0.2) is 0 Å². The van der Waals surface area contributed by atoms with E-state index in [1.165, 1.54) is 0 Å². The van der Waals surface area contributed by atoms with Crippen LogP contribution in [0.25, 0.3) is 0 Å². The number of halogens is 2. The highest BCUT2D eigenvalue weighted by Gasteiger charge is 2.10. The number of ether oxygens (including phenoxy) is 2. The molecule has 0 unspecified atom stereocenters. The maximum atomic E-state index is 6.11. The fourth-order valence-electron chi connectivity index (χ4n) is 2.00. The van der Waals surface area contributed by atoms with Crippen LogP contribution in [-0.2, 0) is 0 Å². The van der Waals surface area contributed by atoms with Crippen molar-refractivity contribution in [3.05, 3.63) is 76.8 Å². The fraction of sp³-hybridized carbons (Fsp3) is 0. The zero-order valence-electron chi connectivity index (χ0n) is 12.0. The van der Waals surface area contributed by atoms with Crippen molar-refractivity contribution in [2.45, 2.75) is 0 Å². The van der Waals surface area contributed by atoms with Crippen LogP contribution in [0, 0.1) is 0 Å². The van der Waals surface area contributed by atoms with E-state index >= 15 is 0 Å². The summed E-state index contributed by atoms with van der Waals surface area (Å²) < 4.78 is 11.4. The molecule has 0 saturated heterocycles. The van der Waals surface area contributed by atoms with Crippen molar-refractivity contribution in [2.24, 2.45) is 0 Å². The number of para-hydroxylation sites is 1. The molecule has 0 radical (unpaired) electrons. The van der Waals surface area contributed by atoms with Gasteiger partial charge < -0.3 is 15.2 Å². The fourth-order valence-corrected chi connectivity index (χ4v) is 2.58. The van der Waals surface area contributed by atoms with Gasteiger partial charge in [-0.15, -0.1) is 0 Å². The van der Waals surface area contributed by atoms with Crippen molar-refractivity contribution >= 4 is 28.9 Å². The molecule has 0 fully saturated rings. The second kappa shape index (κ2) is 6.82. The summed E-state index contributed by atoms with van der Waals surface area (Å²) in [6.45, 7) is 0. The number of hydrogen-bond acceptors (Lipinski definition) is 3. The number of hydrogen-bond donors (Lipinski definition) is 1. The first-order chi connectivity index (χ1) is 11.1. The molecule has 5 heteroatoms. The van der Waals surface area contributed by atoms with Crippen molar-refractivity contribution in [3.8, 4) is 23.0 Å². The van der Waals surface area contributed by atoms with Gasteiger partial charge in [-0.05, 0) is 48.5 Å². The molecule has 0 saturated carbocycles. The van der Waals surface area contributed by atoms with E-state index in [1.807, 2.05) is 30.3 Å². The van der Waals surface area contributed by atoms with E-state index in [0.29, 0.717) is 33.0 Å².